The minimum Gasteiger partial charge on any atom is -0.478 e. The van der Waals surface area contributed by atoms with Crippen molar-refractivity contribution in [2.24, 2.45) is 5.92 Å². The van der Waals surface area contributed by atoms with Gasteiger partial charge in [0.15, 0.2) is 0 Å². The highest BCUT2D eigenvalue weighted by molar-refractivity contribution is 5.89. The molecule has 0 bridgehead atoms. The van der Waals surface area contributed by atoms with Crippen LogP contribution in [0.25, 0.3) is 5.57 Å². The van der Waals surface area contributed by atoms with Crippen molar-refractivity contribution in [3.8, 4) is 0 Å². The first-order chi connectivity index (χ1) is 8.00. The Labute approximate surface area is 102 Å². The normalized spacial score (nSPS) is 18.8. The minimum atomic E-state index is -0.845. The molecule has 1 aromatic rings. The monoisotopic (exact) mass is 230 g/mol. The van der Waals surface area contributed by atoms with E-state index in [0.717, 1.165) is 6.42 Å². The van der Waals surface area contributed by atoms with Crippen molar-refractivity contribution in [3.05, 3.63) is 41.0 Å². The van der Waals surface area contributed by atoms with Gasteiger partial charge in [-0.05, 0) is 54.0 Å². The molecule has 0 radical (unpaired) electrons. The maximum absolute atomic E-state index is 11.0. The number of fused-ring (bicyclic) bond motifs is 1. The standard InChI is InChI=1S/C15H18O2/c1-9(2)12-6-4-10(3)13-7-5-11(15(16)17)8-14(12)13/h4-5,7-9,12H,6H2,1-3H3,(H,16,17)/t12-/m1/s1. The average molecular weight is 230 g/mol. The summed E-state index contributed by atoms with van der Waals surface area (Å²) in [7, 11) is 0. The topological polar surface area (TPSA) is 37.3 Å². The lowest BCUT2D eigenvalue weighted by atomic mass is 9.77. The second kappa shape index (κ2) is 4.36. The van der Waals surface area contributed by atoms with Crippen molar-refractivity contribution >= 4 is 11.5 Å². The number of aromatic carboxylic acids is 1. The van der Waals surface area contributed by atoms with Crippen LogP contribution in [0.15, 0.2) is 24.3 Å². The molecule has 0 saturated carbocycles. The van der Waals surface area contributed by atoms with Crippen LogP contribution in [0.5, 0.6) is 0 Å². The number of rotatable bonds is 2. The summed E-state index contributed by atoms with van der Waals surface area (Å²) in [5.41, 5.74) is 4.05. The van der Waals surface area contributed by atoms with Gasteiger partial charge in [0, 0.05) is 0 Å². The van der Waals surface area contributed by atoms with Crippen molar-refractivity contribution < 1.29 is 9.90 Å². The van der Waals surface area contributed by atoms with Crippen LogP contribution in [-0.4, -0.2) is 11.1 Å². The Balaban J connectivity index is 2.55. The van der Waals surface area contributed by atoms with Gasteiger partial charge >= 0.3 is 5.97 Å². The van der Waals surface area contributed by atoms with Crippen LogP contribution in [-0.2, 0) is 0 Å². The average Bonchev–Trinajstić information content (AvgIpc) is 2.28. The van der Waals surface area contributed by atoms with Crippen LogP contribution in [0.3, 0.4) is 0 Å². The summed E-state index contributed by atoms with van der Waals surface area (Å²) in [5.74, 6) is 0.123. The molecule has 1 N–H and O–H groups in total. The van der Waals surface area contributed by atoms with Gasteiger partial charge in [-0.1, -0.05) is 26.0 Å². The van der Waals surface area contributed by atoms with E-state index >= 15 is 0 Å². The van der Waals surface area contributed by atoms with Gasteiger partial charge in [0.1, 0.15) is 0 Å². The molecule has 0 aromatic heterocycles. The Hall–Kier alpha value is -1.57. The van der Waals surface area contributed by atoms with Crippen LogP contribution in [0.4, 0.5) is 0 Å². The molecule has 2 heteroatoms. The number of carbonyl (C=O) groups is 1. The summed E-state index contributed by atoms with van der Waals surface area (Å²) in [6, 6.07) is 5.49. The van der Waals surface area contributed by atoms with Crippen LogP contribution in [0, 0.1) is 5.92 Å². The molecule has 0 heterocycles. The van der Waals surface area contributed by atoms with Gasteiger partial charge < -0.3 is 5.11 Å². The molecule has 0 unspecified atom stereocenters. The summed E-state index contributed by atoms with van der Waals surface area (Å²) in [6.45, 7) is 6.47. The summed E-state index contributed by atoms with van der Waals surface area (Å²) < 4.78 is 0. The van der Waals surface area contributed by atoms with Gasteiger partial charge in [0.25, 0.3) is 0 Å². The van der Waals surface area contributed by atoms with E-state index in [1.807, 2.05) is 12.1 Å². The fraction of sp³-hybridized carbons (Fsp3) is 0.400. The molecule has 0 amide bonds. The fourth-order valence-electron chi connectivity index (χ4n) is 2.53. The van der Waals surface area contributed by atoms with E-state index in [-0.39, 0.29) is 0 Å². The first-order valence-electron chi connectivity index (χ1n) is 6.05. The molecule has 90 valence electrons. The SMILES string of the molecule is CC1=CC[C@H](C(C)C)c2cc(C(=O)O)ccc21. The summed E-state index contributed by atoms with van der Waals surface area (Å²) >= 11 is 0. The Morgan fingerprint density at radius 1 is 1.41 bits per heavy atom. The smallest absolute Gasteiger partial charge is 0.335 e. The van der Waals surface area contributed by atoms with Crippen molar-refractivity contribution in [2.75, 3.05) is 0 Å². The van der Waals surface area contributed by atoms with E-state index in [1.54, 1.807) is 6.07 Å². The summed E-state index contributed by atoms with van der Waals surface area (Å²) in [6.07, 6.45) is 3.27. The molecule has 2 nitrogen and oxygen atoms in total. The number of hydrogen-bond donors (Lipinski definition) is 1. The summed E-state index contributed by atoms with van der Waals surface area (Å²) in [4.78, 5) is 11.0. The third-order valence-electron chi connectivity index (χ3n) is 3.61. The van der Waals surface area contributed by atoms with Crippen LogP contribution >= 0.6 is 0 Å². The number of allylic oxidation sites excluding steroid dienone is 2. The quantitative estimate of drug-likeness (QED) is 0.835. The Bertz CT molecular complexity index is 484. The van der Waals surface area contributed by atoms with Crippen molar-refractivity contribution in [2.45, 2.75) is 33.1 Å². The molecule has 1 aliphatic rings. The first kappa shape index (κ1) is 11.9. The van der Waals surface area contributed by atoms with Gasteiger partial charge in [0.2, 0.25) is 0 Å². The third-order valence-corrected chi connectivity index (χ3v) is 3.61. The number of benzene rings is 1. The van der Waals surface area contributed by atoms with Crippen molar-refractivity contribution in [1.82, 2.24) is 0 Å². The van der Waals surface area contributed by atoms with E-state index in [1.165, 1.54) is 16.7 Å². The van der Waals surface area contributed by atoms with E-state index in [2.05, 4.69) is 26.8 Å². The molecule has 1 atom stereocenters. The van der Waals surface area contributed by atoms with Gasteiger partial charge in [-0.15, -0.1) is 0 Å². The van der Waals surface area contributed by atoms with E-state index in [9.17, 15) is 4.79 Å². The lowest BCUT2D eigenvalue weighted by Crippen LogP contribution is -2.13. The summed E-state index contributed by atoms with van der Waals surface area (Å²) in [5, 5.41) is 9.06. The predicted octanol–water partition coefficient (Wildman–Crippen LogP) is 3.93. The van der Waals surface area contributed by atoms with Crippen LogP contribution in [0.1, 0.15) is 54.6 Å². The zero-order valence-electron chi connectivity index (χ0n) is 10.5. The largest absolute Gasteiger partial charge is 0.478 e. The molecule has 0 fully saturated rings. The molecular weight excluding hydrogens is 212 g/mol. The number of carboxylic acid groups (broad SMARTS) is 1. The molecule has 0 aliphatic heterocycles. The predicted molar refractivity (Wildman–Crippen MR) is 69.2 cm³/mol. The first-order valence-corrected chi connectivity index (χ1v) is 6.05. The highest BCUT2D eigenvalue weighted by atomic mass is 16.4. The number of carboxylic acids is 1. The Morgan fingerprint density at radius 3 is 2.71 bits per heavy atom. The van der Waals surface area contributed by atoms with E-state index in [4.69, 9.17) is 5.11 Å². The lowest BCUT2D eigenvalue weighted by molar-refractivity contribution is 0.0696. The highest BCUT2D eigenvalue weighted by Gasteiger charge is 2.23. The lowest BCUT2D eigenvalue weighted by Gasteiger charge is -2.27. The second-order valence-electron chi connectivity index (χ2n) is 5.08. The minimum absolute atomic E-state index is 0.393. The maximum Gasteiger partial charge on any atom is 0.335 e. The maximum atomic E-state index is 11.0. The molecule has 17 heavy (non-hydrogen) atoms. The number of hydrogen-bond acceptors (Lipinski definition) is 1. The van der Waals surface area contributed by atoms with Gasteiger partial charge in [-0.25, -0.2) is 4.79 Å². The highest BCUT2D eigenvalue weighted by Crippen LogP contribution is 2.38. The molecular formula is C15H18O2. The molecule has 1 aromatic carbocycles. The van der Waals surface area contributed by atoms with Gasteiger partial charge in [-0.2, -0.15) is 0 Å². The molecule has 0 spiro atoms. The zero-order valence-corrected chi connectivity index (χ0v) is 10.5. The van der Waals surface area contributed by atoms with Gasteiger partial charge in [0.05, 0.1) is 5.56 Å². The fourth-order valence-corrected chi connectivity index (χ4v) is 2.53. The van der Waals surface area contributed by atoms with Crippen molar-refractivity contribution in [3.63, 3.8) is 0 Å². The van der Waals surface area contributed by atoms with E-state index < -0.39 is 5.97 Å². The second-order valence-corrected chi connectivity index (χ2v) is 5.08. The molecule has 2 rings (SSSR count). The van der Waals surface area contributed by atoms with Crippen molar-refractivity contribution in [1.29, 1.82) is 0 Å². The Morgan fingerprint density at radius 2 is 2.12 bits per heavy atom. The zero-order chi connectivity index (χ0) is 12.6. The van der Waals surface area contributed by atoms with Gasteiger partial charge in [-0.3, -0.25) is 0 Å². The van der Waals surface area contributed by atoms with Crippen LogP contribution < -0.4 is 0 Å². The van der Waals surface area contributed by atoms with E-state index in [0.29, 0.717) is 17.4 Å². The van der Waals surface area contributed by atoms with Crippen LogP contribution in [0.2, 0.25) is 0 Å². The molecule has 1 aliphatic carbocycles. The third kappa shape index (κ3) is 2.12. The molecule has 0 saturated heterocycles. The Kier molecular flexibility index (Phi) is 3.05.